The summed E-state index contributed by atoms with van der Waals surface area (Å²) in [5.74, 6) is 0.542. The van der Waals surface area contributed by atoms with Crippen molar-refractivity contribution in [3.05, 3.63) is 18.5 Å². The predicted octanol–water partition coefficient (Wildman–Crippen LogP) is -2.33. The minimum atomic E-state index is 0. The molecule has 1 heterocycles. The zero-order valence-corrected chi connectivity index (χ0v) is 5.13. The van der Waals surface area contributed by atoms with Gasteiger partial charge in [0.25, 0.3) is 6.47 Å². The van der Waals surface area contributed by atoms with Gasteiger partial charge in [-0.25, -0.2) is 0 Å². The predicted molar refractivity (Wildman–Crippen MR) is 28.6 cm³/mol. The first-order chi connectivity index (χ1) is 3.93. The maximum atomic E-state index is 9.64. The normalized spacial score (nSPS) is 7.56. The maximum Gasteiger partial charge on any atom is 1.00 e. The molecule has 1 aromatic heterocycles. The van der Waals surface area contributed by atoms with Crippen molar-refractivity contribution in [3.63, 3.8) is 0 Å². The molecule has 0 saturated heterocycles. The Kier molecular flexibility index (Phi) is 3.94. The van der Waals surface area contributed by atoms with Gasteiger partial charge >= 0.3 is 18.9 Å². The zero-order valence-electron chi connectivity index (χ0n) is 6.13. The molecular weight excluding hydrogens is 113 g/mol. The van der Waals surface area contributed by atoms with Crippen LogP contribution >= 0.6 is 0 Å². The molecule has 0 fully saturated rings. The SMILES string of the molecule is O=COc1cc[nH]c1.[H-].[Li+]. The van der Waals surface area contributed by atoms with Gasteiger partial charge in [-0.2, -0.15) is 0 Å². The van der Waals surface area contributed by atoms with Gasteiger partial charge in [-0.05, 0) is 6.07 Å². The van der Waals surface area contributed by atoms with Crippen molar-refractivity contribution in [1.29, 1.82) is 0 Å². The minimum absolute atomic E-state index is 0. The van der Waals surface area contributed by atoms with Crippen LogP contribution < -0.4 is 23.6 Å². The van der Waals surface area contributed by atoms with E-state index < -0.39 is 0 Å². The van der Waals surface area contributed by atoms with Crippen molar-refractivity contribution in [2.75, 3.05) is 0 Å². The van der Waals surface area contributed by atoms with Crippen LogP contribution in [-0.4, -0.2) is 11.5 Å². The van der Waals surface area contributed by atoms with Gasteiger partial charge in [-0.1, -0.05) is 0 Å². The van der Waals surface area contributed by atoms with Crippen molar-refractivity contribution in [2.24, 2.45) is 0 Å². The van der Waals surface area contributed by atoms with Crippen LogP contribution in [0.2, 0.25) is 0 Å². The van der Waals surface area contributed by atoms with Gasteiger partial charge in [0, 0.05) is 12.4 Å². The van der Waals surface area contributed by atoms with Crippen LogP contribution in [0.1, 0.15) is 1.43 Å². The van der Waals surface area contributed by atoms with Gasteiger partial charge in [0.05, 0.1) is 0 Å². The largest absolute Gasteiger partial charge is 1.00 e. The number of carbonyl (C=O) groups excluding carboxylic acids is 1. The number of aromatic nitrogens is 1. The van der Waals surface area contributed by atoms with Crippen molar-refractivity contribution >= 4 is 6.47 Å². The fourth-order valence-corrected chi connectivity index (χ4v) is 0.437. The summed E-state index contributed by atoms with van der Waals surface area (Å²) in [4.78, 5) is 12.4. The van der Waals surface area contributed by atoms with E-state index in [2.05, 4.69) is 9.72 Å². The zero-order chi connectivity index (χ0) is 5.82. The van der Waals surface area contributed by atoms with E-state index in [4.69, 9.17) is 0 Å². The maximum absolute atomic E-state index is 9.64. The van der Waals surface area contributed by atoms with E-state index in [1.807, 2.05) is 0 Å². The van der Waals surface area contributed by atoms with E-state index in [0.29, 0.717) is 12.2 Å². The molecule has 0 aliphatic carbocycles. The Balaban J connectivity index is 0. The number of nitrogens with one attached hydrogen (secondary N) is 1. The van der Waals surface area contributed by atoms with Gasteiger partial charge in [0.2, 0.25) is 0 Å². The molecule has 0 saturated carbocycles. The van der Waals surface area contributed by atoms with Gasteiger partial charge < -0.3 is 11.1 Å². The van der Waals surface area contributed by atoms with Crippen molar-refractivity contribution in [3.8, 4) is 5.75 Å². The van der Waals surface area contributed by atoms with E-state index in [9.17, 15) is 4.79 Å². The van der Waals surface area contributed by atoms with Crippen molar-refractivity contribution in [1.82, 2.24) is 4.98 Å². The third kappa shape index (κ3) is 2.40. The van der Waals surface area contributed by atoms with Gasteiger partial charge in [0.15, 0.2) is 0 Å². The number of H-pyrrole nitrogens is 1. The first-order valence-corrected chi connectivity index (χ1v) is 2.16. The van der Waals surface area contributed by atoms with Crippen LogP contribution in [-0.2, 0) is 4.79 Å². The smallest absolute Gasteiger partial charge is 1.00 e. The molecule has 0 aromatic carbocycles. The van der Waals surface area contributed by atoms with E-state index in [1.165, 1.54) is 0 Å². The molecule has 44 valence electrons. The third-order valence-corrected chi connectivity index (χ3v) is 0.754. The Morgan fingerprint density at radius 3 is 3.00 bits per heavy atom. The number of ether oxygens (including phenoxy) is 1. The van der Waals surface area contributed by atoms with E-state index in [-0.39, 0.29) is 20.3 Å². The average molecular weight is 119 g/mol. The third-order valence-electron chi connectivity index (χ3n) is 0.754. The summed E-state index contributed by atoms with van der Waals surface area (Å²) in [6.07, 6.45) is 3.27. The molecule has 0 aliphatic heterocycles. The van der Waals surface area contributed by atoms with E-state index in [1.54, 1.807) is 18.5 Å². The Bertz CT molecular complexity index is 166. The molecule has 0 spiro atoms. The molecule has 4 heteroatoms. The van der Waals surface area contributed by atoms with Crippen molar-refractivity contribution < 1.29 is 29.8 Å². The number of aromatic amines is 1. The molecule has 0 unspecified atom stereocenters. The second-order valence-electron chi connectivity index (χ2n) is 1.26. The van der Waals surface area contributed by atoms with Crippen LogP contribution in [0, 0.1) is 0 Å². The van der Waals surface area contributed by atoms with Gasteiger partial charge in [0.1, 0.15) is 5.75 Å². The standard InChI is InChI=1S/C5H5NO2.Li.H/c7-4-8-5-1-2-6-3-5;;/h1-4,6H;;/q;+1;-1. The molecule has 1 rings (SSSR count). The number of rotatable bonds is 2. The molecule has 0 bridgehead atoms. The Labute approximate surface area is 66.1 Å². The quantitative estimate of drug-likeness (QED) is 0.350. The first kappa shape index (κ1) is 8.35. The van der Waals surface area contributed by atoms with Crippen LogP contribution in [0.25, 0.3) is 0 Å². The average Bonchev–Trinajstić information content (AvgIpc) is 2.19. The summed E-state index contributed by atoms with van der Waals surface area (Å²) >= 11 is 0. The summed E-state index contributed by atoms with van der Waals surface area (Å²) in [6.45, 7) is 0.392. The second kappa shape index (κ2) is 4.25. The van der Waals surface area contributed by atoms with E-state index in [0.717, 1.165) is 0 Å². The molecule has 0 atom stereocenters. The van der Waals surface area contributed by atoms with Crippen molar-refractivity contribution in [2.45, 2.75) is 0 Å². The topological polar surface area (TPSA) is 42.1 Å². The minimum Gasteiger partial charge on any atom is -1.00 e. The fraction of sp³-hybridized carbons (Fsp3) is 0. The Hall–Kier alpha value is -0.653. The summed E-state index contributed by atoms with van der Waals surface area (Å²) in [7, 11) is 0. The molecule has 1 aromatic rings. The molecule has 9 heavy (non-hydrogen) atoms. The summed E-state index contributed by atoms with van der Waals surface area (Å²) in [6, 6.07) is 1.66. The van der Waals surface area contributed by atoms with Crippen LogP contribution in [0.15, 0.2) is 18.5 Å². The molecule has 3 nitrogen and oxygen atoms in total. The van der Waals surface area contributed by atoms with Gasteiger partial charge in [-0.15, -0.1) is 0 Å². The number of carbonyl (C=O) groups is 1. The molecule has 0 radical (unpaired) electrons. The van der Waals surface area contributed by atoms with Crippen LogP contribution in [0.5, 0.6) is 5.75 Å². The number of hydrogen-bond donors (Lipinski definition) is 1. The molecule has 1 N–H and O–H groups in total. The Morgan fingerprint density at radius 2 is 2.56 bits per heavy atom. The fourth-order valence-electron chi connectivity index (χ4n) is 0.437. The Morgan fingerprint density at radius 1 is 1.78 bits per heavy atom. The second-order valence-corrected chi connectivity index (χ2v) is 1.26. The summed E-state index contributed by atoms with van der Waals surface area (Å²) in [5.41, 5.74) is 0. The van der Waals surface area contributed by atoms with Crippen LogP contribution in [0.4, 0.5) is 0 Å². The molecule has 0 aliphatic rings. The van der Waals surface area contributed by atoms with E-state index >= 15 is 0 Å². The number of hydrogen-bond acceptors (Lipinski definition) is 2. The first-order valence-electron chi connectivity index (χ1n) is 2.16. The van der Waals surface area contributed by atoms with Crippen LogP contribution in [0.3, 0.4) is 0 Å². The summed E-state index contributed by atoms with van der Waals surface area (Å²) in [5, 5.41) is 0. The monoisotopic (exact) mass is 119 g/mol. The molecular formula is C5H6LiNO2. The molecule has 0 amide bonds. The van der Waals surface area contributed by atoms with Gasteiger partial charge in [-0.3, -0.25) is 4.79 Å². The summed E-state index contributed by atoms with van der Waals surface area (Å²) < 4.78 is 4.43.